The van der Waals surface area contributed by atoms with Gasteiger partial charge in [-0.15, -0.1) is 10.2 Å². The lowest BCUT2D eigenvalue weighted by Crippen LogP contribution is -2.14. The quantitative estimate of drug-likeness (QED) is 0.324. The number of nitrogens with one attached hydrogen (secondary N) is 1. The summed E-state index contributed by atoms with van der Waals surface area (Å²) in [6.07, 6.45) is 1.69. The van der Waals surface area contributed by atoms with E-state index in [1.54, 1.807) is 0 Å². The fourth-order valence-electron chi connectivity index (χ4n) is 4.11. The number of rotatable bonds is 7. The zero-order valence-corrected chi connectivity index (χ0v) is 20.8. The SMILES string of the molecule is CC(C)(C)c1nc(CCc2ccc(N)cc2)n(Cc2ccc(-c3ccccc3-c3nn[nH]n3)cc2)n1. The Balaban J connectivity index is 1.38. The molecule has 0 amide bonds. The Morgan fingerprint density at radius 1 is 0.833 bits per heavy atom. The van der Waals surface area contributed by atoms with Crippen LogP contribution in [0.4, 0.5) is 5.69 Å². The molecule has 2 aromatic heterocycles. The summed E-state index contributed by atoms with van der Waals surface area (Å²) in [5.74, 6) is 2.43. The molecule has 0 aliphatic carbocycles. The molecular weight excluding hydrogens is 448 g/mol. The summed E-state index contributed by atoms with van der Waals surface area (Å²) < 4.78 is 2.04. The van der Waals surface area contributed by atoms with Crippen LogP contribution in [0, 0.1) is 0 Å². The van der Waals surface area contributed by atoms with Crippen molar-refractivity contribution >= 4 is 5.69 Å². The third kappa shape index (κ3) is 5.17. The Morgan fingerprint density at radius 3 is 2.19 bits per heavy atom. The van der Waals surface area contributed by atoms with E-state index in [4.69, 9.17) is 15.8 Å². The molecule has 8 nitrogen and oxygen atoms in total. The Morgan fingerprint density at radius 2 is 1.53 bits per heavy atom. The minimum Gasteiger partial charge on any atom is -0.399 e. The molecule has 0 aliphatic heterocycles. The van der Waals surface area contributed by atoms with Gasteiger partial charge in [-0.25, -0.2) is 9.67 Å². The molecule has 0 radical (unpaired) electrons. The van der Waals surface area contributed by atoms with E-state index < -0.39 is 0 Å². The van der Waals surface area contributed by atoms with Crippen LogP contribution < -0.4 is 5.73 Å². The monoisotopic (exact) mass is 478 g/mol. The first-order chi connectivity index (χ1) is 17.4. The molecule has 5 rings (SSSR count). The van der Waals surface area contributed by atoms with E-state index in [0.717, 1.165) is 52.4 Å². The summed E-state index contributed by atoms with van der Waals surface area (Å²) in [5, 5.41) is 19.4. The van der Waals surface area contributed by atoms with Crippen molar-refractivity contribution in [3.63, 3.8) is 0 Å². The highest BCUT2D eigenvalue weighted by atomic mass is 15.5. The first kappa shape index (κ1) is 23.4. The fourth-order valence-corrected chi connectivity index (χ4v) is 4.11. The van der Waals surface area contributed by atoms with Crippen molar-refractivity contribution in [3.05, 3.63) is 95.6 Å². The van der Waals surface area contributed by atoms with Gasteiger partial charge >= 0.3 is 0 Å². The normalized spacial score (nSPS) is 11.6. The number of aromatic nitrogens is 7. The maximum Gasteiger partial charge on any atom is 0.205 e. The molecule has 3 aromatic carbocycles. The van der Waals surface area contributed by atoms with Crippen molar-refractivity contribution in [2.45, 2.75) is 45.6 Å². The highest BCUT2D eigenvalue weighted by Gasteiger charge is 2.22. The zero-order chi connectivity index (χ0) is 25.1. The summed E-state index contributed by atoms with van der Waals surface area (Å²) in [7, 11) is 0. The van der Waals surface area contributed by atoms with E-state index in [1.807, 2.05) is 35.0 Å². The molecular formula is C28H30N8. The average Bonchev–Trinajstić information content (AvgIpc) is 3.55. The van der Waals surface area contributed by atoms with E-state index in [1.165, 1.54) is 5.56 Å². The number of aryl methyl sites for hydroxylation is 2. The van der Waals surface area contributed by atoms with Crippen molar-refractivity contribution in [1.82, 2.24) is 35.4 Å². The Labute approximate surface area is 210 Å². The zero-order valence-electron chi connectivity index (χ0n) is 20.8. The Bertz CT molecular complexity index is 1430. The second-order valence-electron chi connectivity index (χ2n) is 9.98. The number of nitrogens with two attached hydrogens (primary N) is 1. The van der Waals surface area contributed by atoms with Crippen LogP contribution >= 0.6 is 0 Å². The van der Waals surface area contributed by atoms with Gasteiger partial charge in [0.05, 0.1) is 6.54 Å². The third-order valence-electron chi connectivity index (χ3n) is 6.15. The lowest BCUT2D eigenvalue weighted by Gasteiger charge is -2.12. The first-order valence-corrected chi connectivity index (χ1v) is 12.1. The van der Waals surface area contributed by atoms with Gasteiger partial charge in [0.2, 0.25) is 5.82 Å². The Kier molecular flexibility index (Phi) is 6.33. The van der Waals surface area contributed by atoms with Gasteiger partial charge in [0.15, 0.2) is 5.82 Å². The fraction of sp³-hybridized carbons (Fsp3) is 0.250. The van der Waals surface area contributed by atoms with Crippen LogP contribution in [0.3, 0.4) is 0 Å². The number of nitrogens with zero attached hydrogens (tertiary/aromatic N) is 6. The van der Waals surface area contributed by atoms with E-state index >= 15 is 0 Å². The van der Waals surface area contributed by atoms with Gasteiger partial charge in [-0.05, 0) is 46.0 Å². The maximum atomic E-state index is 5.84. The van der Waals surface area contributed by atoms with Gasteiger partial charge in [0.25, 0.3) is 0 Å². The molecule has 36 heavy (non-hydrogen) atoms. The van der Waals surface area contributed by atoms with E-state index in [2.05, 4.69) is 83.9 Å². The first-order valence-electron chi connectivity index (χ1n) is 12.1. The number of hydrogen-bond acceptors (Lipinski definition) is 6. The minimum absolute atomic E-state index is 0.121. The molecule has 182 valence electrons. The molecule has 0 saturated carbocycles. The number of hydrogen-bond donors (Lipinski definition) is 2. The van der Waals surface area contributed by atoms with Crippen LogP contribution in [0.1, 0.15) is 43.5 Å². The van der Waals surface area contributed by atoms with Gasteiger partial charge < -0.3 is 5.73 Å². The van der Waals surface area contributed by atoms with Crippen LogP contribution in [0.15, 0.2) is 72.8 Å². The number of benzene rings is 3. The molecule has 0 spiro atoms. The van der Waals surface area contributed by atoms with Crippen molar-refractivity contribution in [1.29, 1.82) is 0 Å². The number of tetrazole rings is 1. The maximum absolute atomic E-state index is 5.84. The van der Waals surface area contributed by atoms with Gasteiger partial charge in [-0.3, -0.25) is 0 Å². The topological polar surface area (TPSA) is 111 Å². The molecule has 0 fully saturated rings. The second kappa shape index (κ2) is 9.73. The van der Waals surface area contributed by atoms with Crippen LogP contribution in [0.2, 0.25) is 0 Å². The predicted octanol–water partition coefficient (Wildman–Crippen LogP) is 4.84. The smallest absolute Gasteiger partial charge is 0.205 e. The summed E-state index contributed by atoms with van der Waals surface area (Å²) >= 11 is 0. The largest absolute Gasteiger partial charge is 0.399 e. The van der Waals surface area contributed by atoms with Crippen LogP contribution in [-0.2, 0) is 24.8 Å². The molecule has 8 heteroatoms. The minimum atomic E-state index is -0.121. The van der Waals surface area contributed by atoms with Gasteiger partial charge in [-0.1, -0.05) is 81.4 Å². The highest BCUT2D eigenvalue weighted by molar-refractivity contribution is 5.80. The molecule has 0 aliphatic rings. The summed E-state index contributed by atoms with van der Waals surface area (Å²) in [5.41, 5.74) is 12.0. The number of aromatic amines is 1. The van der Waals surface area contributed by atoms with Crippen molar-refractivity contribution in [2.75, 3.05) is 5.73 Å². The summed E-state index contributed by atoms with van der Waals surface area (Å²) in [6.45, 7) is 7.10. The van der Waals surface area contributed by atoms with Gasteiger partial charge in [0.1, 0.15) is 5.82 Å². The van der Waals surface area contributed by atoms with Gasteiger partial charge in [-0.2, -0.15) is 10.3 Å². The van der Waals surface area contributed by atoms with Crippen LogP contribution in [0.25, 0.3) is 22.5 Å². The predicted molar refractivity (Wildman–Crippen MR) is 141 cm³/mol. The van der Waals surface area contributed by atoms with Crippen LogP contribution in [-0.4, -0.2) is 35.4 Å². The van der Waals surface area contributed by atoms with Crippen molar-refractivity contribution in [3.8, 4) is 22.5 Å². The number of H-pyrrole nitrogens is 1. The molecule has 0 bridgehead atoms. The van der Waals surface area contributed by atoms with E-state index in [-0.39, 0.29) is 5.41 Å². The number of anilines is 1. The van der Waals surface area contributed by atoms with Crippen LogP contribution in [0.5, 0.6) is 0 Å². The van der Waals surface area contributed by atoms with Crippen molar-refractivity contribution in [2.24, 2.45) is 0 Å². The average molecular weight is 479 g/mol. The molecule has 0 atom stereocenters. The molecule has 2 heterocycles. The van der Waals surface area contributed by atoms with Crippen molar-refractivity contribution < 1.29 is 0 Å². The second-order valence-corrected chi connectivity index (χ2v) is 9.98. The van der Waals surface area contributed by atoms with Gasteiger partial charge in [0, 0.05) is 23.1 Å². The standard InChI is InChI=1S/C28H30N8/c1-28(2,3)27-30-25(17-12-19-10-15-22(29)16-11-19)36(33-27)18-20-8-13-21(14-9-20)23-6-4-5-7-24(23)26-31-34-35-32-26/h4-11,13-16H,12,17-18,29H2,1-3H3,(H,31,32,34,35). The number of nitrogen functional groups attached to an aromatic ring is 1. The summed E-state index contributed by atoms with van der Waals surface area (Å²) in [6, 6.07) is 24.7. The summed E-state index contributed by atoms with van der Waals surface area (Å²) in [4.78, 5) is 4.92. The van der Waals surface area contributed by atoms with E-state index in [9.17, 15) is 0 Å². The Hall–Kier alpha value is -4.33. The van der Waals surface area contributed by atoms with E-state index in [0.29, 0.717) is 12.4 Å². The molecule has 0 saturated heterocycles. The third-order valence-corrected chi connectivity index (χ3v) is 6.15. The highest BCUT2D eigenvalue weighted by Crippen LogP contribution is 2.30. The molecule has 5 aromatic rings. The molecule has 0 unspecified atom stereocenters. The lowest BCUT2D eigenvalue weighted by atomic mass is 9.96. The molecule has 3 N–H and O–H groups in total. The lowest BCUT2D eigenvalue weighted by molar-refractivity contribution is 0.532.